The molecule has 0 amide bonds. The minimum absolute atomic E-state index is 0.0100. The fourth-order valence-corrected chi connectivity index (χ4v) is 3.21. The molecule has 0 N–H and O–H groups in total. The van der Waals surface area contributed by atoms with Crippen molar-refractivity contribution in [3.05, 3.63) is 69.8 Å². The van der Waals surface area contributed by atoms with Gasteiger partial charge < -0.3 is 0 Å². The zero-order valence-corrected chi connectivity index (χ0v) is 12.0. The molecule has 1 heterocycles. The Kier molecular flexibility index (Phi) is 3.55. The quantitative estimate of drug-likeness (QED) is 0.614. The molecule has 0 saturated heterocycles. The maximum Gasteiger partial charge on any atom is 0.168 e. The number of ketones is 1. The van der Waals surface area contributed by atoms with Crippen LogP contribution in [0.5, 0.6) is 0 Å². The van der Waals surface area contributed by atoms with Crippen LogP contribution < -0.4 is 0 Å². The predicted molar refractivity (Wildman–Crippen MR) is 81.3 cm³/mol. The lowest BCUT2D eigenvalue weighted by molar-refractivity contribution is 0.0995. The van der Waals surface area contributed by atoms with Gasteiger partial charge in [0, 0.05) is 27.5 Å². The number of thiophene rings is 1. The molecular weight excluding hydrogens is 295 g/mol. The molecule has 4 heteroatoms. The molecule has 20 heavy (non-hydrogen) atoms. The molecule has 0 bridgehead atoms. The number of fused-ring (bicyclic) bond motifs is 1. The second-order valence-electron chi connectivity index (χ2n) is 4.49. The van der Waals surface area contributed by atoms with E-state index in [4.69, 9.17) is 11.6 Å². The van der Waals surface area contributed by atoms with Crippen LogP contribution in [0, 0.1) is 5.82 Å². The average Bonchev–Trinajstić information content (AvgIpc) is 2.87. The summed E-state index contributed by atoms with van der Waals surface area (Å²) in [6.07, 6.45) is 0.175. The predicted octanol–water partition coefficient (Wildman–Crippen LogP) is 5.12. The van der Waals surface area contributed by atoms with Crippen molar-refractivity contribution in [3.63, 3.8) is 0 Å². The highest BCUT2D eigenvalue weighted by molar-refractivity contribution is 7.17. The molecule has 0 unspecified atom stereocenters. The Morgan fingerprint density at radius 1 is 1.20 bits per heavy atom. The number of Topliss-reactive ketones (excluding diaryl/α,β-unsaturated/α-hetero) is 1. The van der Waals surface area contributed by atoms with Crippen LogP contribution in [0.3, 0.4) is 0 Å². The lowest BCUT2D eigenvalue weighted by Crippen LogP contribution is -2.03. The molecule has 1 aromatic heterocycles. The van der Waals surface area contributed by atoms with Crippen LogP contribution in [0.15, 0.2) is 47.8 Å². The van der Waals surface area contributed by atoms with Crippen LogP contribution in [-0.2, 0) is 6.42 Å². The normalized spacial score (nSPS) is 10.9. The Bertz CT molecular complexity index is 794. The molecule has 3 aromatic rings. The van der Waals surface area contributed by atoms with E-state index in [0.717, 1.165) is 10.1 Å². The van der Waals surface area contributed by atoms with Gasteiger partial charge in [-0.1, -0.05) is 35.9 Å². The maximum absolute atomic E-state index is 13.4. The van der Waals surface area contributed by atoms with Gasteiger partial charge in [-0.15, -0.1) is 11.3 Å². The Morgan fingerprint density at radius 3 is 2.80 bits per heavy atom. The van der Waals surface area contributed by atoms with Crippen molar-refractivity contribution in [3.8, 4) is 0 Å². The third-order valence-corrected chi connectivity index (χ3v) is 4.40. The van der Waals surface area contributed by atoms with E-state index in [1.54, 1.807) is 17.4 Å². The number of carbonyl (C=O) groups excluding carboxylic acids is 1. The zero-order valence-electron chi connectivity index (χ0n) is 10.4. The fraction of sp³-hybridized carbons (Fsp3) is 0.0625. The first-order valence-corrected chi connectivity index (χ1v) is 7.34. The van der Waals surface area contributed by atoms with Crippen LogP contribution >= 0.6 is 22.9 Å². The number of halogens is 2. The summed E-state index contributed by atoms with van der Waals surface area (Å²) in [6, 6.07) is 12.2. The Hall–Kier alpha value is -1.71. The van der Waals surface area contributed by atoms with Gasteiger partial charge in [0.15, 0.2) is 5.78 Å². The van der Waals surface area contributed by atoms with E-state index in [2.05, 4.69) is 0 Å². The van der Waals surface area contributed by atoms with Crippen molar-refractivity contribution in [2.75, 3.05) is 0 Å². The monoisotopic (exact) mass is 304 g/mol. The minimum Gasteiger partial charge on any atom is -0.294 e. The Labute approximate surface area is 124 Å². The van der Waals surface area contributed by atoms with Crippen molar-refractivity contribution in [1.82, 2.24) is 0 Å². The topological polar surface area (TPSA) is 17.1 Å². The molecule has 0 spiro atoms. The van der Waals surface area contributed by atoms with Gasteiger partial charge in [0.2, 0.25) is 0 Å². The van der Waals surface area contributed by atoms with Crippen molar-refractivity contribution in [1.29, 1.82) is 0 Å². The van der Waals surface area contributed by atoms with Gasteiger partial charge in [-0.05, 0) is 23.8 Å². The van der Waals surface area contributed by atoms with Gasteiger partial charge in [0.05, 0.1) is 5.02 Å². The molecule has 2 aromatic carbocycles. The summed E-state index contributed by atoms with van der Waals surface area (Å²) in [7, 11) is 0. The first-order chi connectivity index (χ1) is 9.65. The van der Waals surface area contributed by atoms with Crippen molar-refractivity contribution < 1.29 is 9.18 Å². The summed E-state index contributed by atoms with van der Waals surface area (Å²) in [5.41, 5.74) is 1.33. The zero-order chi connectivity index (χ0) is 14.1. The van der Waals surface area contributed by atoms with E-state index in [1.807, 2.05) is 29.6 Å². The number of hydrogen-bond acceptors (Lipinski definition) is 2. The number of benzene rings is 2. The summed E-state index contributed by atoms with van der Waals surface area (Å²) in [6.45, 7) is 0. The summed E-state index contributed by atoms with van der Waals surface area (Å²) in [4.78, 5) is 12.3. The standard InChI is InChI=1S/C16H10ClFOS/c17-13-6-5-10(7-14(13)18)8-15(19)12-9-20-16-4-2-1-3-11(12)16/h1-7,9H,8H2. The summed E-state index contributed by atoms with van der Waals surface area (Å²) in [5.74, 6) is -0.503. The maximum atomic E-state index is 13.4. The Morgan fingerprint density at radius 2 is 2.00 bits per heavy atom. The average molecular weight is 305 g/mol. The molecule has 1 nitrogen and oxygen atoms in total. The van der Waals surface area contributed by atoms with Crippen LogP contribution in [-0.4, -0.2) is 5.78 Å². The van der Waals surface area contributed by atoms with Gasteiger partial charge in [-0.3, -0.25) is 4.79 Å². The molecule has 0 saturated carbocycles. The van der Waals surface area contributed by atoms with Crippen LogP contribution in [0.2, 0.25) is 5.02 Å². The molecule has 100 valence electrons. The van der Waals surface area contributed by atoms with E-state index in [-0.39, 0.29) is 17.2 Å². The van der Waals surface area contributed by atoms with Crippen LogP contribution in [0.1, 0.15) is 15.9 Å². The smallest absolute Gasteiger partial charge is 0.168 e. The van der Waals surface area contributed by atoms with Crippen molar-refractivity contribution in [2.24, 2.45) is 0 Å². The lowest BCUT2D eigenvalue weighted by Gasteiger charge is -2.02. The highest BCUT2D eigenvalue weighted by Gasteiger charge is 2.13. The van der Waals surface area contributed by atoms with E-state index in [9.17, 15) is 9.18 Å². The largest absolute Gasteiger partial charge is 0.294 e. The molecule has 3 rings (SSSR count). The lowest BCUT2D eigenvalue weighted by atomic mass is 10.0. The van der Waals surface area contributed by atoms with E-state index in [0.29, 0.717) is 11.1 Å². The Balaban J connectivity index is 1.91. The number of hydrogen-bond donors (Lipinski definition) is 0. The van der Waals surface area contributed by atoms with Gasteiger partial charge in [-0.2, -0.15) is 0 Å². The molecule has 0 aliphatic heterocycles. The molecule has 0 aliphatic rings. The first-order valence-electron chi connectivity index (χ1n) is 6.08. The highest BCUT2D eigenvalue weighted by Crippen LogP contribution is 2.27. The van der Waals surface area contributed by atoms with Crippen molar-refractivity contribution in [2.45, 2.75) is 6.42 Å². The molecular formula is C16H10ClFOS. The van der Waals surface area contributed by atoms with E-state index >= 15 is 0 Å². The third-order valence-electron chi connectivity index (χ3n) is 3.13. The molecule has 0 radical (unpaired) electrons. The number of rotatable bonds is 3. The fourth-order valence-electron chi connectivity index (χ4n) is 2.12. The van der Waals surface area contributed by atoms with E-state index < -0.39 is 5.82 Å². The van der Waals surface area contributed by atoms with Gasteiger partial charge in [0.1, 0.15) is 5.82 Å². The second kappa shape index (κ2) is 5.35. The summed E-state index contributed by atoms with van der Waals surface area (Å²) in [5, 5.41) is 2.89. The number of carbonyl (C=O) groups is 1. The van der Waals surface area contributed by atoms with Gasteiger partial charge >= 0.3 is 0 Å². The van der Waals surface area contributed by atoms with Crippen LogP contribution in [0.25, 0.3) is 10.1 Å². The second-order valence-corrected chi connectivity index (χ2v) is 5.81. The molecule has 0 aliphatic carbocycles. The first kappa shape index (κ1) is 13.3. The van der Waals surface area contributed by atoms with E-state index in [1.165, 1.54) is 12.1 Å². The summed E-state index contributed by atoms with van der Waals surface area (Å²) >= 11 is 7.18. The summed E-state index contributed by atoms with van der Waals surface area (Å²) < 4.78 is 14.5. The molecule has 0 fully saturated rings. The third kappa shape index (κ3) is 2.47. The van der Waals surface area contributed by atoms with Crippen LogP contribution in [0.4, 0.5) is 4.39 Å². The molecule has 0 atom stereocenters. The van der Waals surface area contributed by atoms with Gasteiger partial charge in [0.25, 0.3) is 0 Å². The minimum atomic E-state index is -0.493. The van der Waals surface area contributed by atoms with Gasteiger partial charge in [-0.25, -0.2) is 4.39 Å². The highest BCUT2D eigenvalue weighted by atomic mass is 35.5. The van der Waals surface area contributed by atoms with Crippen molar-refractivity contribution >= 4 is 38.8 Å². The SMILES string of the molecule is O=C(Cc1ccc(Cl)c(F)c1)c1csc2ccccc12.